The Morgan fingerprint density at radius 2 is 1.56 bits per heavy atom. The van der Waals surface area contributed by atoms with E-state index < -0.39 is 0 Å². The van der Waals surface area contributed by atoms with E-state index in [1.165, 1.54) is 37.7 Å². The van der Waals surface area contributed by atoms with Gasteiger partial charge in [0.1, 0.15) is 0 Å². The summed E-state index contributed by atoms with van der Waals surface area (Å²) in [6.45, 7) is 4.79. The smallest absolute Gasteiger partial charge is 0.0455 e. The monoisotopic (exact) mass is 245 g/mol. The summed E-state index contributed by atoms with van der Waals surface area (Å²) >= 11 is 0. The van der Waals surface area contributed by atoms with E-state index >= 15 is 0 Å². The summed E-state index contributed by atoms with van der Waals surface area (Å²) in [5.41, 5.74) is 2.32. The average Bonchev–Trinajstić information content (AvgIpc) is 2.40. The summed E-state index contributed by atoms with van der Waals surface area (Å²) in [5.74, 6) is 0. The zero-order valence-corrected chi connectivity index (χ0v) is 12.4. The van der Waals surface area contributed by atoms with Crippen molar-refractivity contribution in [3.05, 3.63) is 35.9 Å². The fourth-order valence-electron chi connectivity index (χ4n) is 3.36. The maximum Gasteiger partial charge on any atom is 0.0455 e. The van der Waals surface area contributed by atoms with Crippen LogP contribution in [-0.2, 0) is 5.54 Å². The molecule has 1 fully saturated rings. The molecule has 1 aromatic rings. The minimum atomic E-state index is 0.260. The normalized spacial score (nSPS) is 32.7. The fourth-order valence-corrected chi connectivity index (χ4v) is 3.36. The third kappa shape index (κ3) is 2.33. The molecule has 0 aromatic heterocycles. The van der Waals surface area contributed by atoms with Gasteiger partial charge in [-0.1, -0.05) is 50.6 Å². The SMILES string of the molecule is CCC1(C)CCC(c2ccccc2)(N(C)C)CC1. The molecule has 1 saturated carbocycles. The molecule has 2 rings (SSSR count). The highest BCUT2D eigenvalue weighted by Gasteiger charge is 2.41. The van der Waals surface area contributed by atoms with Gasteiger partial charge in [-0.2, -0.15) is 0 Å². The second kappa shape index (κ2) is 5.05. The second-order valence-electron chi connectivity index (χ2n) is 6.46. The lowest BCUT2D eigenvalue weighted by atomic mass is 9.64. The molecule has 0 N–H and O–H groups in total. The first-order valence-electron chi connectivity index (χ1n) is 7.25. The zero-order valence-electron chi connectivity index (χ0n) is 12.4. The van der Waals surface area contributed by atoms with Crippen molar-refractivity contribution in [3.8, 4) is 0 Å². The lowest BCUT2D eigenvalue weighted by molar-refractivity contribution is 0.0409. The van der Waals surface area contributed by atoms with Gasteiger partial charge in [0.05, 0.1) is 0 Å². The van der Waals surface area contributed by atoms with Gasteiger partial charge in [-0.25, -0.2) is 0 Å². The summed E-state index contributed by atoms with van der Waals surface area (Å²) in [5, 5.41) is 0. The molecule has 100 valence electrons. The van der Waals surface area contributed by atoms with Crippen LogP contribution in [0.4, 0.5) is 0 Å². The van der Waals surface area contributed by atoms with Gasteiger partial charge in [0, 0.05) is 5.54 Å². The first-order valence-corrected chi connectivity index (χ1v) is 7.25. The van der Waals surface area contributed by atoms with Crippen LogP contribution in [-0.4, -0.2) is 19.0 Å². The standard InChI is InChI=1S/C17H27N/c1-5-16(2)11-13-17(14-12-16,18(3)4)15-9-7-6-8-10-15/h6-10H,5,11-14H2,1-4H3. The van der Waals surface area contributed by atoms with Crippen molar-refractivity contribution in [1.82, 2.24) is 4.90 Å². The van der Waals surface area contributed by atoms with E-state index in [9.17, 15) is 0 Å². The molecule has 1 nitrogen and oxygen atoms in total. The molecular weight excluding hydrogens is 218 g/mol. The first-order chi connectivity index (χ1) is 8.52. The molecule has 0 unspecified atom stereocenters. The van der Waals surface area contributed by atoms with E-state index in [1.807, 2.05) is 0 Å². The topological polar surface area (TPSA) is 3.24 Å². The molecule has 1 aliphatic carbocycles. The highest BCUT2D eigenvalue weighted by atomic mass is 15.1. The van der Waals surface area contributed by atoms with Gasteiger partial charge in [-0.3, -0.25) is 4.90 Å². The van der Waals surface area contributed by atoms with Crippen LogP contribution in [0.2, 0.25) is 0 Å². The van der Waals surface area contributed by atoms with Crippen LogP contribution in [0.1, 0.15) is 51.5 Å². The third-order valence-corrected chi connectivity index (χ3v) is 5.31. The van der Waals surface area contributed by atoms with Gasteiger partial charge in [0.15, 0.2) is 0 Å². The first kappa shape index (κ1) is 13.6. The fraction of sp³-hybridized carbons (Fsp3) is 0.647. The van der Waals surface area contributed by atoms with Crippen molar-refractivity contribution in [1.29, 1.82) is 0 Å². The minimum absolute atomic E-state index is 0.260. The van der Waals surface area contributed by atoms with Gasteiger partial charge in [-0.15, -0.1) is 0 Å². The highest BCUT2D eigenvalue weighted by Crippen LogP contribution is 2.49. The van der Waals surface area contributed by atoms with Crippen LogP contribution in [0.25, 0.3) is 0 Å². The molecule has 0 saturated heterocycles. The molecule has 0 atom stereocenters. The summed E-state index contributed by atoms with van der Waals surface area (Å²) in [7, 11) is 4.48. The Morgan fingerprint density at radius 3 is 2.00 bits per heavy atom. The maximum absolute atomic E-state index is 2.46. The van der Waals surface area contributed by atoms with E-state index in [2.05, 4.69) is 63.2 Å². The highest BCUT2D eigenvalue weighted by molar-refractivity contribution is 5.25. The summed E-state index contributed by atoms with van der Waals surface area (Å²) in [6.07, 6.45) is 6.57. The number of benzene rings is 1. The summed E-state index contributed by atoms with van der Waals surface area (Å²) in [6, 6.07) is 11.1. The molecule has 1 heteroatoms. The van der Waals surface area contributed by atoms with Gasteiger partial charge >= 0.3 is 0 Å². The Bertz CT molecular complexity index is 372. The Balaban J connectivity index is 2.27. The second-order valence-corrected chi connectivity index (χ2v) is 6.46. The van der Waals surface area contributed by atoms with Crippen molar-refractivity contribution in [3.63, 3.8) is 0 Å². The largest absolute Gasteiger partial charge is 0.300 e. The van der Waals surface area contributed by atoms with Gasteiger partial charge in [0.2, 0.25) is 0 Å². The minimum Gasteiger partial charge on any atom is -0.300 e. The third-order valence-electron chi connectivity index (χ3n) is 5.31. The predicted octanol–water partition coefficient (Wildman–Crippen LogP) is 4.43. The molecule has 0 radical (unpaired) electrons. The Labute approximate surface area is 112 Å². The van der Waals surface area contributed by atoms with Crippen LogP contribution in [0.5, 0.6) is 0 Å². The van der Waals surface area contributed by atoms with Crippen LogP contribution in [0.3, 0.4) is 0 Å². The molecule has 0 amide bonds. The van der Waals surface area contributed by atoms with Crippen molar-refractivity contribution in [2.45, 2.75) is 51.5 Å². The Kier molecular flexibility index (Phi) is 3.82. The van der Waals surface area contributed by atoms with Crippen molar-refractivity contribution < 1.29 is 0 Å². The average molecular weight is 245 g/mol. The van der Waals surface area contributed by atoms with Crippen LogP contribution in [0, 0.1) is 5.41 Å². The van der Waals surface area contributed by atoms with E-state index in [-0.39, 0.29) is 5.54 Å². The van der Waals surface area contributed by atoms with Crippen molar-refractivity contribution >= 4 is 0 Å². The summed E-state index contributed by atoms with van der Waals surface area (Å²) < 4.78 is 0. The summed E-state index contributed by atoms with van der Waals surface area (Å²) in [4.78, 5) is 2.44. The Hall–Kier alpha value is -0.820. The number of nitrogens with zero attached hydrogens (tertiary/aromatic N) is 1. The lowest BCUT2D eigenvalue weighted by Gasteiger charge is -2.49. The molecule has 0 bridgehead atoms. The van der Waals surface area contributed by atoms with Gasteiger partial charge in [0.25, 0.3) is 0 Å². The molecule has 0 heterocycles. The molecule has 1 aromatic carbocycles. The van der Waals surface area contributed by atoms with E-state index in [0.29, 0.717) is 5.41 Å². The lowest BCUT2D eigenvalue weighted by Crippen LogP contribution is -2.46. The molecular formula is C17H27N. The number of hydrogen-bond acceptors (Lipinski definition) is 1. The van der Waals surface area contributed by atoms with Crippen LogP contribution < -0.4 is 0 Å². The van der Waals surface area contributed by atoms with Gasteiger partial charge < -0.3 is 0 Å². The zero-order chi connectivity index (χ0) is 13.2. The number of rotatable bonds is 3. The van der Waals surface area contributed by atoms with E-state index in [4.69, 9.17) is 0 Å². The van der Waals surface area contributed by atoms with E-state index in [0.717, 1.165) is 0 Å². The van der Waals surface area contributed by atoms with Gasteiger partial charge in [-0.05, 0) is 50.8 Å². The predicted molar refractivity (Wildman–Crippen MR) is 78.7 cm³/mol. The van der Waals surface area contributed by atoms with E-state index in [1.54, 1.807) is 0 Å². The van der Waals surface area contributed by atoms with Crippen molar-refractivity contribution in [2.24, 2.45) is 5.41 Å². The maximum atomic E-state index is 2.46. The number of hydrogen-bond donors (Lipinski definition) is 0. The molecule has 18 heavy (non-hydrogen) atoms. The van der Waals surface area contributed by atoms with Crippen LogP contribution >= 0.6 is 0 Å². The molecule has 1 aliphatic rings. The molecule has 0 spiro atoms. The van der Waals surface area contributed by atoms with Crippen molar-refractivity contribution in [2.75, 3.05) is 14.1 Å². The van der Waals surface area contributed by atoms with Crippen LogP contribution in [0.15, 0.2) is 30.3 Å². The molecule has 0 aliphatic heterocycles. The quantitative estimate of drug-likeness (QED) is 0.761. The Morgan fingerprint density at radius 1 is 1.00 bits per heavy atom.